The van der Waals surface area contributed by atoms with E-state index in [1.807, 2.05) is 54.6 Å². The fourth-order valence-corrected chi connectivity index (χ4v) is 2.74. The van der Waals surface area contributed by atoms with Gasteiger partial charge in [-0.1, -0.05) is 66.7 Å². The number of hydrogen-bond donors (Lipinski definition) is 1. The molecule has 1 atom stereocenters. The van der Waals surface area contributed by atoms with Gasteiger partial charge >= 0.3 is 0 Å². The molecule has 3 heteroatoms. The average molecular weight is 347 g/mol. The Morgan fingerprint density at radius 1 is 0.731 bits per heavy atom. The van der Waals surface area contributed by atoms with Gasteiger partial charge in [-0.25, -0.2) is 0 Å². The van der Waals surface area contributed by atoms with Crippen molar-refractivity contribution in [3.05, 3.63) is 96.1 Å². The van der Waals surface area contributed by atoms with Crippen LogP contribution in [0.25, 0.3) is 0 Å². The molecule has 0 radical (unpaired) electrons. The Morgan fingerprint density at radius 2 is 1.35 bits per heavy atom. The number of benzene rings is 3. The van der Waals surface area contributed by atoms with Crippen molar-refractivity contribution in [2.24, 2.45) is 0 Å². The Labute approximate surface area is 155 Å². The lowest BCUT2D eigenvalue weighted by molar-refractivity contribution is 0.215. The van der Waals surface area contributed by atoms with E-state index in [9.17, 15) is 0 Å². The third kappa shape index (κ3) is 5.36. The van der Waals surface area contributed by atoms with Gasteiger partial charge in [-0.3, -0.25) is 0 Å². The zero-order chi connectivity index (χ0) is 18.0. The SMILES string of the molecule is CC(NCc1ccccc1OCCOc1ccccc1)c1ccccc1. The molecular weight excluding hydrogens is 322 g/mol. The lowest BCUT2D eigenvalue weighted by Crippen LogP contribution is -2.19. The first-order valence-electron chi connectivity index (χ1n) is 9.00. The van der Waals surface area contributed by atoms with Crippen molar-refractivity contribution in [3.63, 3.8) is 0 Å². The van der Waals surface area contributed by atoms with Crippen LogP contribution in [-0.2, 0) is 6.54 Å². The standard InChI is InChI=1S/C23H25NO2/c1-19(20-10-4-2-5-11-20)24-18-21-12-8-9-15-23(21)26-17-16-25-22-13-6-3-7-14-22/h2-15,19,24H,16-18H2,1H3. The van der Waals surface area contributed by atoms with E-state index >= 15 is 0 Å². The fraction of sp³-hybridized carbons (Fsp3) is 0.217. The predicted molar refractivity (Wildman–Crippen MR) is 106 cm³/mol. The van der Waals surface area contributed by atoms with E-state index in [2.05, 4.69) is 42.6 Å². The monoisotopic (exact) mass is 347 g/mol. The highest BCUT2D eigenvalue weighted by atomic mass is 16.5. The molecule has 134 valence electrons. The molecule has 3 aromatic rings. The molecular formula is C23H25NO2. The fourth-order valence-electron chi connectivity index (χ4n) is 2.74. The highest BCUT2D eigenvalue weighted by Gasteiger charge is 2.07. The van der Waals surface area contributed by atoms with Gasteiger partial charge in [0.15, 0.2) is 0 Å². The van der Waals surface area contributed by atoms with Crippen molar-refractivity contribution in [1.82, 2.24) is 5.32 Å². The quantitative estimate of drug-likeness (QED) is 0.553. The third-order valence-corrected chi connectivity index (χ3v) is 4.22. The molecule has 0 spiro atoms. The Hall–Kier alpha value is -2.78. The van der Waals surface area contributed by atoms with Crippen LogP contribution in [0.5, 0.6) is 11.5 Å². The first-order chi connectivity index (χ1) is 12.8. The van der Waals surface area contributed by atoms with E-state index in [0.29, 0.717) is 13.2 Å². The summed E-state index contributed by atoms with van der Waals surface area (Å²) < 4.78 is 11.6. The Kier molecular flexibility index (Phi) is 6.68. The van der Waals surface area contributed by atoms with Crippen LogP contribution in [0, 0.1) is 0 Å². The molecule has 0 aliphatic rings. The van der Waals surface area contributed by atoms with E-state index in [1.54, 1.807) is 0 Å². The molecule has 0 amide bonds. The lowest BCUT2D eigenvalue weighted by atomic mass is 10.1. The lowest BCUT2D eigenvalue weighted by Gasteiger charge is -2.16. The van der Waals surface area contributed by atoms with Crippen molar-refractivity contribution >= 4 is 0 Å². The molecule has 0 saturated carbocycles. The molecule has 0 aromatic heterocycles. The van der Waals surface area contributed by atoms with Crippen LogP contribution in [0.4, 0.5) is 0 Å². The molecule has 0 aliphatic heterocycles. The summed E-state index contributed by atoms with van der Waals surface area (Å²) in [5.74, 6) is 1.76. The summed E-state index contributed by atoms with van der Waals surface area (Å²) in [6.07, 6.45) is 0. The second-order valence-corrected chi connectivity index (χ2v) is 6.13. The highest BCUT2D eigenvalue weighted by Crippen LogP contribution is 2.20. The van der Waals surface area contributed by atoms with E-state index in [-0.39, 0.29) is 6.04 Å². The maximum absolute atomic E-state index is 5.93. The predicted octanol–water partition coefficient (Wildman–Crippen LogP) is 5.00. The van der Waals surface area contributed by atoms with Crippen LogP contribution in [0.2, 0.25) is 0 Å². The molecule has 1 N–H and O–H groups in total. The summed E-state index contributed by atoms with van der Waals surface area (Å²) in [6, 6.07) is 28.7. The number of para-hydroxylation sites is 2. The second kappa shape index (κ2) is 9.64. The minimum Gasteiger partial charge on any atom is -0.490 e. The van der Waals surface area contributed by atoms with Crippen molar-refractivity contribution in [1.29, 1.82) is 0 Å². The van der Waals surface area contributed by atoms with Crippen LogP contribution in [0.15, 0.2) is 84.9 Å². The molecule has 0 heterocycles. The number of rotatable bonds is 9. The third-order valence-electron chi connectivity index (χ3n) is 4.22. The largest absolute Gasteiger partial charge is 0.490 e. The van der Waals surface area contributed by atoms with Crippen molar-refractivity contribution < 1.29 is 9.47 Å². The molecule has 26 heavy (non-hydrogen) atoms. The molecule has 0 saturated heterocycles. The number of nitrogens with one attached hydrogen (secondary N) is 1. The van der Waals surface area contributed by atoms with Crippen molar-refractivity contribution in [2.75, 3.05) is 13.2 Å². The molecule has 0 fully saturated rings. The average Bonchev–Trinajstić information content (AvgIpc) is 2.71. The molecule has 3 nitrogen and oxygen atoms in total. The van der Waals surface area contributed by atoms with Crippen LogP contribution < -0.4 is 14.8 Å². The van der Waals surface area contributed by atoms with E-state index in [4.69, 9.17) is 9.47 Å². The number of ether oxygens (including phenoxy) is 2. The summed E-state index contributed by atoms with van der Waals surface area (Å²) in [7, 11) is 0. The first-order valence-corrected chi connectivity index (χ1v) is 9.00. The van der Waals surface area contributed by atoms with Gasteiger partial charge in [0.1, 0.15) is 24.7 Å². The number of hydrogen-bond acceptors (Lipinski definition) is 3. The Morgan fingerprint density at radius 3 is 2.12 bits per heavy atom. The molecule has 3 aromatic carbocycles. The van der Waals surface area contributed by atoms with Gasteiger partial charge in [-0.2, -0.15) is 0 Å². The van der Waals surface area contributed by atoms with Crippen LogP contribution in [-0.4, -0.2) is 13.2 Å². The normalized spacial score (nSPS) is 11.7. The summed E-state index contributed by atoms with van der Waals surface area (Å²) in [5.41, 5.74) is 2.43. The maximum atomic E-state index is 5.93. The van der Waals surface area contributed by atoms with Crippen LogP contribution >= 0.6 is 0 Å². The minimum absolute atomic E-state index is 0.283. The van der Waals surface area contributed by atoms with E-state index in [0.717, 1.165) is 23.6 Å². The topological polar surface area (TPSA) is 30.5 Å². The van der Waals surface area contributed by atoms with E-state index in [1.165, 1.54) is 5.56 Å². The molecule has 0 aliphatic carbocycles. The second-order valence-electron chi connectivity index (χ2n) is 6.13. The molecule has 1 unspecified atom stereocenters. The van der Waals surface area contributed by atoms with E-state index < -0.39 is 0 Å². The highest BCUT2D eigenvalue weighted by molar-refractivity contribution is 5.33. The smallest absolute Gasteiger partial charge is 0.123 e. The van der Waals surface area contributed by atoms with Crippen LogP contribution in [0.3, 0.4) is 0 Å². The van der Waals surface area contributed by atoms with Crippen LogP contribution in [0.1, 0.15) is 24.1 Å². The summed E-state index contributed by atoms with van der Waals surface area (Å²) in [6.45, 7) is 3.96. The van der Waals surface area contributed by atoms with Gasteiger partial charge in [-0.05, 0) is 30.7 Å². The van der Waals surface area contributed by atoms with Gasteiger partial charge in [0.2, 0.25) is 0 Å². The van der Waals surface area contributed by atoms with Crippen molar-refractivity contribution in [3.8, 4) is 11.5 Å². The van der Waals surface area contributed by atoms with Gasteiger partial charge in [-0.15, -0.1) is 0 Å². The molecule has 0 bridgehead atoms. The maximum Gasteiger partial charge on any atom is 0.123 e. The summed E-state index contributed by atoms with van der Waals surface area (Å²) >= 11 is 0. The zero-order valence-electron chi connectivity index (χ0n) is 15.1. The minimum atomic E-state index is 0.283. The Balaban J connectivity index is 1.49. The van der Waals surface area contributed by atoms with Gasteiger partial charge in [0, 0.05) is 18.2 Å². The van der Waals surface area contributed by atoms with Gasteiger partial charge in [0.25, 0.3) is 0 Å². The zero-order valence-corrected chi connectivity index (χ0v) is 15.1. The summed E-state index contributed by atoms with van der Waals surface area (Å²) in [5, 5.41) is 3.56. The van der Waals surface area contributed by atoms with Crippen molar-refractivity contribution in [2.45, 2.75) is 19.5 Å². The Bertz CT molecular complexity index is 774. The summed E-state index contributed by atoms with van der Waals surface area (Å²) in [4.78, 5) is 0. The molecule has 3 rings (SSSR count). The van der Waals surface area contributed by atoms with Gasteiger partial charge < -0.3 is 14.8 Å². The first kappa shape index (κ1) is 18.0. The van der Waals surface area contributed by atoms with Gasteiger partial charge in [0.05, 0.1) is 0 Å².